The number of hydrogen-bond acceptors (Lipinski definition) is 4. The molecule has 1 N–H and O–H groups in total. The smallest absolute Gasteiger partial charge is 0.156 e. The Morgan fingerprint density at radius 1 is 1.64 bits per heavy atom. The van der Waals surface area contributed by atoms with E-state index in [1.54, 1.807) is 0 Å². The van der Waals surface area contributed by atoms with Crippen molar-refractivity contribution in [1.29, 1.82) is 0 Å². The molecule has 0 aromatic carbocycles. The number of hydrogen-bond donors (Lipinski definition) is 1. The molecular formula is C9H18N2OS2. The van der Waals surface area contributed by atoms with Crippen molar-refractivity contribution in [2.75, 3.05) is 24.6 Å². The largest absolute Gasteiger partial charge is 0.364 e. The van der Waals surface area contributed by atoms with Gasteiger partial charge >= 0.3 is 0 Å². The highest BCUT2D eigenvalue weighted by Crippen LogP contribution is 2.21. The fraction of sp³-hybridized carbons (Fsp3) is 0.889. The van der Waals surface area contributed by atoms with Crippen molar-refractivity contribution in [1.82, 2.24) is 5.32 Å². The number of rotatable bonds is 5. The van der Waals surface area contributed by atoms with E-state index in [4.69, 9.17) is 0 Å². The van der Waals surface area contributed by atoms with E-state index in [9.17, 15) is 4.21 Å². The molecule has 0 aliphatic carbocycles. The van der Waals surface area contributed by atoms with Crippen LogP contribution in [0.5, 0.6) is 0 Å². The Bertz CT molecular complexity index is 231. The van der Waals surface area contributed by atoms with Crippen LogP contribution >= 0.6 is 11.8 Å². The van der Waals surface area contributed by atoms with E-state index >= 15 is 0 Å². The highest BCUT2D eigenvalue weighted by molar-refractivity contribution is 8.14. The van der Waals surface area contributed by atoms with Crippen molar-refractivity contribution in [3.63, 3.8) is 0 Å². The molecule has 0 saturated heterocycles. The van der Waals surface area contributed by atoms with Gasteiger partial charge in [0.05, 0.1) is 6.54 Å². The van der Waals surface area contributed by atoms with Gasteiger partial charge in [-0.05, 0) is 6.42 Å². The van der Waals surface area contributed by atoms with Gasteiger partial charge in [-0.2, -0.15) is 0 Å². The predicted octanol–water partition coefficient (Wildman–Crippen LogP) is 1.23. The molecule has 0 aromatic rings. The van der Waals surface area contributed by atoms with Crippen LogP contribution in [-0.4, -0.2) is 39.2 Å². The Hall–Kier alpha value is -0.0300. The van der Waals surface area contributed by atoms with Gasteiger partial charge in [0.1, 0.15) is 0 Å². The van der Waals surface area contributed by atoms with Crippen molar-refractivity contribution in [2.45, 2.75) is 25.5 Å². The van der Waals surface area contributed by atoms with Crippen molar-refractivity contribution in [3.05, 3.63) is 0 Å². The number of aliphatic imine (C=N–C) groups is 1. The summed E-state index contributed by atoms with van der Waals surface area (Å²) < 4.78 is 11.1. The first kappa shape index (κ1) is 12.0. The number of nitrogens with one attached hydrogen (secondary N) is 1. The summed E-state index contributed by atoms with van der Waals surface area (Å²) in [4.78, 5) is 4.38. The maximum Gasteiger partial charge on any atom is 0.156 e. The number of nitrogens with zero attached hydrogens (tertiary/aromatic N) is 1. The first-order chi connectivity index (χ1) is 6.76. The fourth-order valence-electron chi connectivity index (χ4n) is 1.14. The maximum absolute atomic E-state index is 11.1. The molecule has 0 spiro atoms. The van der Waals surface area contributed by atoms with E-state index in [2.05, 4.69) is 17.2 Å². The average Bonchev–Trinajstić information content (AvgIpc) is 2.65. The minimum Gasteiger partial charge on any atom is -0.364 e. The van der Waals surface area contributed by atoms with Gasteiger partial charge in [-0.25, -0.2) is 0 Å². The lowest BCUT2D eigenvalue weighted by molar-refractivity contribution is 0.682. The third kappa shape index (κ3) is 4.00. The molecule has 0 bridgehead atoms. The lowest BCUT2D eigenvalue weighted by atomic mass is 10.3. The lowest BCUT2D eigenvalue weighted by Gasteiger charge is -2.06. The lowest BCUT2D eigenvalue weighted by Crippen LogP contribution is -2.25. The third-order valence-corrected chi connectivity index (χ3v) is 4.72. The second-order valence-corrected chi connectivity index (χ2v) is 6.31. The summed E-state index contributed by atoms with van der Waals surface area (Å²) in [6, 6.07) is 0. The summed E-state index contributed by atoms with van der Waals surface area (Å²) in [5.41, 5.74) is 0. The van der Waals surface area contributed by atoms with Gasteiger partial charge in [-0.15, -0.1) is 0 Å². The monoisotopic (exact) mass is 234 g/mol. The normalized spacial score (nSPS) is 23.3. The highest BCUT2D eigenvalue weighted by atomic mass is 32.2. The Labute approximate surface area is 92.6 Å². The number of thioether (sulfide) groups is 1. The van der Waals surface area contributed by atoms with Gasteiger partial charge in [-0.3, -0.25) is 9.20 Å². The van der Waals surface area contributed by atoms with Crippen molar-refractivity contribution in [3.8, 4) is 0 Å². The molecule has 82 valence electrons. The third-order valence-electron chi connectivity index (χ3n) is 2.10. The summed E-state index contributed by atoms with van der Waals surface area (Å²) in [7, 11) is -0.664. The van der Waals surface area contributed by atoms with Crippen LogP contribution in [0.15, 0.2) is 4.99 Å². The molecule has 2 atom stereocenters. The second kappa shape index (κ2) is 6.45. The molecule has 0 aromatic heterocycles. The van der Waals surface area contributed by atoms with Crippen LogP contribution < -0.4 is 5.32 Å². The Kier molecular flexibility index (Phi) is 5.55. The van der Waals surface area contributed by atoms with Crippen LogP contribution in [0.25, 0.3) is 0 Å². The zero-order chi connectivity index (χ0) is 10.4. The SMILES string of the molecule is CCC1CN=C(NCCS(=O)CC)S1. The molecule has 1 aliphatic heterocycles. The highest BCUT2D eigenvalue weighted by Gasteiger charge is 2.16. The summed E-state index contributed by atoms with van der Waals surface area (Å²) >= 11 is 1.81. The molecule has 0 amide bonds. The predicted molar refractivity (Wildman–Crippen MR) is 65.5 cm³/mol. The summed E-state index contributed by atoms with van der Waals surface area (Å²) in [6.07, 6.45) is 1.17. The Morgan fingerprint density at radius 2 is 2.43 bits per heavy atom. The molecule has 5 heteroatoms. The first-order valence-corrected chi connectivity index (χ1v) is 7.43. The summed E-state index contributed by atoms with van der Waals surface area (Å²) in [5, 5.41) is 4.91. The molecule has 2 unspecified atom stereocenters. The molecule has 1 heterocycles. The topological polar surface area (TPSA) is 41.5 Å². The van der Waals surface area contributed by atoms with Crippen molar-refractivity contribution in [2.24, 2.45) is 4.99 Å². The van der Waals surface area contributed by atoms with E-state index < -0.39 is 10.8 Å². The fourth-order valence-corrected chi connectivity index (χ4v) is 2.73. The Balaban J connectivity index is 2.11. The van der Waals surface area contributed by atoms with Crippen LogP contribution in [0.2, 0.25) is 0 Å². The van der Waals surface area contributed by atoms with E-state index in [0.717, 1.165) is 29.8 Å². The molecule has 1 rings (SSSR count). The van der Waals surface area contributed by atoms with Crippen LogP contribution in [0.1, 0.15) is 20.3 Å². The quantitative estimate of drug-likeness (QED) is 0.778. The molecule has 0 saturated carbocycles. The summed E-state index contributed by atoms with van der Waals surface area (Å²) in [6.45, 7) is 5.84. The molecular weight excluding hydrogens is 216 g/mol. The van der Waals surface area contributed by atoms with E-state index in [0.29, 0.717) is 5.25 Å². The van der Waals surface area contributed by atoms with Gasteiger partial charge in [0.2, 0.25) is 0 Å². The molecule has 0 radical (unpaired) electrons. The average molecular weight is 234 g/mol. The van der Waals surface area contributed by atoms with Gasteiger partial charge in [0.15, 0.2) is 5.17 Å². The number of amidine groups is 1. The van der Waals surface area contributed by atoms with Crippen molar-refractivity contribution < 1.29 is 4.21 Å². The minimum absolute atomic E-state index is 0.647. The van der Waals surface area contributed by atoms with Crippen LogP contribution in [0.4, 0.5) is 0 Å². The Morgan fingerprint density at radius 3 is 3.00 bits per heavy atom. The van der Waals surface area contributed by atoms with Crippen LogP contribution in [0.3, 0.4) is 0 Å². The summed E-state index contributed by atoms with van der Waals surface area (Å²) in [5.74, 6) is 1.48. The molecule has 0 fully saturated rings. The maximum atomic E-state index is 11.1. The first-order valence-electron chi connectivity index (χ1n) is 5.06. The zero-order valence-electron chi connectivity index (χ0n) is 8.78. The standard InChI is InChI=1S/C9H18N2OS2/c1-3-8-7-11-9(13-8)10-5-6-14(12)4-2/h8H,3-7H2,1-2H3,(H,10,11). The molecule has 1 aliphatic rings. The van der Waals surface area contributed by atoms with E-state index in [1.807, 2.05) is 18.7 Å². The van der Waals surface area contributed by atoms with Gasteiger partial charge in [0, 0.05) is 34.1 Å². The minimum atomic E-state index is -0.664. The van der Waals surface area contributed by atoms with Crippen molar-refractivity contribution >= 4 is 27.7 Å². The zero-order valence-corrected chi connectivity index (χ0v) is 10.4. The van der Waals surface area contributed by atoms with Crippen LogP contribution in [0, 0.1) is 0 Å². The van der Waals surface area contributed by atoms with E-state index in [-0.39, 0.29) is 0 Å². The van der Waals surface area contributed by atoms with Gasteiger partial charge in [-0.1, -0.05) is 25.6 Å². The van der Waals surface area contributed by atoms with Crippen LogP contribution in [-0.2, 0) is 10.8 Å². The second-order valence-electron chi connectivity index (χ2n) is 3.15. The molecule has 14 heavy (non-hydrogen) atoms. The van der Waals surface area contributed by atoms with Gasteiger partial charge < -0.3 is 5.32 Å². The van der Waals surface area contributed by atoms with E-state index in [1.165, 1.54) is 6.42 Å². The van der Waals surface area contributed by atoms with Gasteiger partial charge in [0.25, 0.3) is 0 Å². The molecule has 3 nitrogen and oxygen atoms in total.